The van der Waals surface area contributed by atoms with Gasteiger partial charge in [-0.05, 0) is 31.0 Å². The van der Waals surface area contributed by atoms with E-state index < -0.39 is 0 Å². The van der Waals surface area contributed by atoms with Gasteiger partial charge in [-0.3, -0.25) is 4.79 Å². The third-order valence-corrected chi connectivity index (χ3v) is 2.65. The maximum absolute atomic E-state index is 13.3. The van der Waals surface area contributed by atoms with Crippen LogP contribution in [-0.2, 0) is 4.79 Å². The average Bonchev–Trinajstić information content (AvgIpc) is 2.27. The number of nitrogens with one attached hydrogen (secondary N) is 2. The molecule has 0 bridgehead atoms. The van der Waals surface area contributed by atoms with Crippen LogP contribution in [0.2, 0.25) is 0 Å². The largest absolute Gasteiger partial charge is 0.355 e. The highest BCUT2D eigenvalue weighted by Gasteiger charge is 2.06. The molecule has 4 heteroatoms. The van der Waals surface area contributed by atoms with E-state index in [0.29, 0.717) is 18.7 Å². The maximum atomic E-state index is 13.3. The molecule has 0 aliphatic rings. The molecule has 3 nitrogen and oxygen atoms in total. The molecule has 0 saturated carbocycles. The lowest BCUT2D eigenvalue weighted by atomic mass is 10.1. The van der Waals surface area contributed by atoms with E-state index in [1.54, 1.807) is 19.1 Å². The average molecular weight is 238 g/mol. The van der Waals surface area contributed by atoms with Gasteiger partial charge in [0, 0.05) is 26.1 Å². The lowest BCUT2D eigenvalue weighted by Gasteiger charge is -2.15. The summed E-state index contributed by atoms with van der Waals surface area (Å²) in [7, 11) is 0. The summed E-state index contributed by atoms with van der Waals surface area (Å²) in [5.74, 6) is -0.223. The van der Waals surface area contributed by atoms with Crippen LogP contribution in [0.3, 0.4) is 0 Å². The van der Waals surface area contributed by atoms with Crippen molar-refractivity contribution in [3.63, 3.8) is 0 Å². The fraction of sp³-hybridized carbons (Fsp3) is 0.462. The van der Waals surface area contributed by atoms with Crippen molar-refractivity contribution in [1.29, 1.82) is 0 Å². The topological polar surface area (TPSA) is 41.1 Å². The van der Waals surface area contributed by atoms with Crippen LogP contribution in [0, 0.1) is 12.7 Å². The fourth-order valence-electron chi connectivity index (χ4n) is 1.52. The molecule has 1 aromatic rings. The number of hydrogen-bond acceptors (Lipinski definition) is 2. The van der Waals surface area contributed by atoms with Crippen molar-refractivity contribution in [2.75, 3.05) is 13.1 Å². The Bertz CT molecular complexity index is 393. The van der Waals surface area contributed by atoms with Crippen LogP contribution in [0.5, 0.6) is 0 Å². The molecule has 0 aromatic heterocycles. The third kappa shape index (κ3) is 4.53. The van der Waals surface area contributed by atoms with E-state index in [-0.39, 0.29) is 17.8 Å². The number of amides is 1. The van der Waals surface area contributed by atoms with Gasteiger partial charge in [0.25, 0.3) is 0 Å². The number of carbonyl (C=O) groups excluding carboxylic acids is 1. The molecule has 1 rings (SSSR count). The van der Waals surface area contributed by atoms with E-state index >= 15 is 0 Å². The van der Waals surface area contributed by atoms with Gasteiger partial charge < -0.3 is 10.6 Å². The molecule has 1 aromatic carbocycles. The normalized spacial score (nSPS) is 12.2. The number of carbonyl (C=O) groups is 1. The fourth-order valence-corrected chi connectivity index (χ4v) is 1.52. The molecule has 0 radical (unpaired) electrons. The highest BCUT2D eigenvalue weighted by atomic mass is 19.1. The summed E-state index contributed by atoms with van der Waals surface area (Å²) in [6, 6.07) is 5.30. The zero-order chi connectivity index (χ0) is 12.8. The van der Waals surface area contributed by atoms with Gasteiger partial charge in [-0.1, -0.05) is 12.1 Å². The zero-order valence-electron chi connectivity index (χ0n) is 10.5. The number of hydrogen-bond donors (Lipinski definition) is 2. The van der Waals surface area contributed by atoms with Crippen LogP contribution >= 0.6 is 0 Å². The molecule has 94 valence electrons. The smallest absolute Gasteiger partial charge is 0.216 e. The Morgan fingerprint density at radius 3 is 2.71 bits per heavy atom. The highest BCUT2D eigenvalue weighted by molar-refractivity contribution is 5.72. The Morgan fingerprint density at radius 1 is 1.41 bits per heavy atom. The van der Waals surface area contributed by atoms with Crippen molar-refractivity contribution in [3.05, 3.63) is 35.1 Å². The highest BCUT2D eigenvalue weighted by Crippen LogP contribution is 2.15. The first-order chi connectivity index (χ1) is 8.00. The Balaban J connectivity index is 2.44. The first-order valence-electron chi connectivity index (χ1n) is 5.74. The van der Waals surface area contributed by atoms with E-state index in [0.717, 1.165) is 5.56 Å². The third-order valence-electron chi connectivity index (χ3n) is 2.65. The van der Waals surface area contributed by atoms with E-state index in [1.807, 2.05) is 13.0 Å². The number of aryl methyl sites for hydroxylation is 1. The van der Waals surface area contributed by atoms with Crippen molar-refractivity contribution in [3.8, 4) is 0 Å². The quantitative estimate of drug-likeness (QED) is 0.769. The van der Waals surface area contributed by atoms with Gasteiger partial charge in [0.2, 0.25) is 5.91 Å². The summed E-state index contributed by atoms with van der Waals surface area (Å²) in [6.07, 6.45) is 0. The molecule has 1 amide bonds. The Labute approximate surface area is 101 Å². The van der Waals surface area contributed by atoms with Gasteiger partial charge in [0.1, 0.15) is 5.82 Å². The Hall–Kier alpha value is -1.42. The molecule has 17 heavy (non-hydrogen) atoms. The van der Waals surface area contributed by atoms with Crippen LogP contribution in [0.15, 0.2) is 18.2 Å². The summed E-state index contributed by atoms with van der Waals surface area (Å²) in [4.78, 5) is 10.7. The van der Waals surface area contributed by atoms with Gasteiger partial charge in [-0.25, -0.2) is 4.39 Å². The lowest BCUT2D eigenvalue weighted by Crippen LogP contribution is -2.31. The standard InChI is InChI=1S/C13H19FN2O/c1-9-4-5-12(8-13(9)14)10(2)15-6-7-16-11(3)17/h4-5,8,10,15H,6-7H2,1-3H3,(H,16,17). The van der Waals surface area contributed by atoms with E-state index in [4.69, 9.17) is 0 Å². The molecule has 0 aliphatic heterocycles. The first kappa shape index (κ1) is 13.6. The van der Waals surface area contributed by atoms with Gasteiger partial charge in [0.05, 0.1) is 0 Å². The second kappa shape index (κ2) is 6.35. The van der Waals surface area contributed by atoms with Crippen LogP contribution in [0.1, 0.15) is 31.0 Å². The van der Waals surface area contributed by atoms with Crippen molar-refractivity contribution in [2.45, 2.75) is 26.8 Å². The van der Waals surface area contributed by atoms with Crippen molar-refractivity contribution in [1.82, 2.24) is 10.6 Å². The minimum absolute atomic E-state index is 0.0409. The van der Waals surface area contributed by atoms with Gasteiger partial charge in [-0.2, -0.15) is 0 Å². The second-order valence-electron chi connectivity index (χ2n) is 4.17. The minimum atomic E-state index is -0.182. The van der Waals surface area contributed by atoms with Crippen LogP contribution in [0.25, 0.3) is 0 Å². The number of rotatable bonds is 5. The van der Waals surface area contributed by atoms with E-state index in [9.17, 15) is 9.18 Å². The minimum Gasteiger partial charge on any atom is -0.355 e. The van der Waals surface area contributed by atoms with Crippen LogP contribution in [-0.4, -0.2) is 19.0 Å². The molecule has 0 heterocycles. The summed E-state index contributed by atoms with van der Waals surface area (Å²) in [5, 5.41) is 5.92. The monoisotopic (exact) mass is 238 g/mol. The summed E-state index contributed by atoms with van der Waals surface area (Å²) < 4.78 is 13.3. The zero-order valence-corrected chi connectivity index (χ0v) is 10.5. The number of benzene rings is 1. The molecule has 2 N–H and O–H groups in total. The van der Waals surface area contributed by atoms with Gasteiger partial charge in [-0.15, -0.1) is 0 Å². The van der Waals surface area contributed by atoms with Gasteiger partial charge in [0.15, 0.2) is 0 Å². The molecule has 1 atom stereocenters. The van der Waals surface area contributed by atoms with Crippen molar-refractivity contribution < 1.29 is 9.18 Å². The Kier molecular flexibility index (Phi) is 5.10. The van der Waals surface area contributed by atoms with E-state index in [2.05, 4.69) is 10.6 Å². The predicted octanol–water partition coefficient (Wildman–Crippen LogP) is 1.92. The molecular formula is C13H19FN2O. The van der Waals surface area contributed by atoms with E-state index in [1.165, 1.54) is 6.92 Å². The predicted molar refractivity (Wildman–Crippen MR) is 66.2 cm³/mol. The molecular weight excluding hydrogens is 219 g/mol. The second-order valence-corrected chi connectivity index (χ2v) is 4.17. The summed E-state index contributed by atoms with van der Waals surface area (Å²) in [5.41, 5.74) is 1.56. The van der Waals surface area contributed by atoms with Crippen LogP contribution < -0.4 is 10.6 Å². The molecule has 0 saturated heterocycles. The summed E-state index contributed by atoms with van der Waals surface area (Å²) >= 11 is 0. The lowest BCUT2D eigenvalue weighted by molar-refractivity contribution is -0.118. The molecule has 0 aliphatic carbocycles. The molecule has 0 fully saturated rings. The van der Waals surface area contributed by atoms with Crippen molar-refractivity contribution >= 4 is 5.91 Å². The van der Waals surface area contributed by atoms with Crippen LogP contribution in [0.4, 0.5) is 4.39 Å². The number of halogens is 1. The van der Waals surface area contributed by atoms with Crippen molar-refractivity contribution in [2.24, 2.45) is 0 Å². The Morgan fingerprint density at radius 2 is 2.12 bits per heavy atom. The SMILES string of the molecule is CC(=O)NCCNC(C)c1ccc(C)c(F)c1. The first-order valence-corrected chi connectivity index (χ1v) is 5.74. The molecule has 0 spiro atoms. The summed E-state index contributed by atoms with van der Waals surface area (Å²) in [6.45, 7) is 6.44. The molecule has 1 unspecified atom stereocenters. The maximum Gasteiger partial charge on any atom is 0.216 e. The van der Waals surface area contributed by atoms with Gasteiger partial charge >= 0.3 is 0 Å².